The van der Waals surface area contributed by atoms with E-state index in [4.69, 9.17) is 10.7 Å². The molecule has 1 aliphatic carbocycles. The maximum absolute atomic E-state index is 12.2. The van der Waals surface area contributed by atoms with Crippen LogP contribution in [0.4, 0.5) is 5.69 Å². The Morgan fingerprint density at radius 3 is 2.86 bits per heavy atom. The van der Waals surface area contributed by atoms with Crippen molar-refractivity contribution in [2.45, 2.75) is 33.1 Å². The Morgan fingerprint density at radius 2 is 2.21 bits per heavy atom. The van der Waals surface area contributed by atoms with Gasteiger partial charge in [-0.3, -0.25) is 0 Å². The number of aromatic carboxylic acids is 1. The van der Waals surface area contributed by atoms with Crippen LogP contribution in [0, 0.1) is 16.7 Å². The van der Waals surface area contributed by atoms with Gasteiger partial charge in [-0.2, -0.15) is 5.26 Å². The Morgan fingerprint density at radius 1 is 1.46 bits per heavy atom. The number of nitrogens with zero attached hydrogens (tertiary/aromatic N) is 2. The molecule has 3 N–H and O–H groups in total. The summed E-state index contributed by atoms with van der Waals surface area (Å²) < 4.78 is 0. The quantitative estimate of drug-likeness (QED) is 0.716. The standard InChI is InChI=1S/C21H25N3O3S/c1-21(2)7-6-17-15(11-21)18(20(25)26)19(28-17)14-10-13(12-22)4-5-16(14)24(3)8-9-27-23/h4-5,10H,6-9,11,23H2,1-3H3,(H,25,26). The molecule has 0 spiro atoms. The molecule has 28 heavy (non-hydrogen) atoms. The Kier molecular flexibility index (Phi) is 5.75. The predicted molar refractivity (Wildman–Crippen MR) is 111 cm³/mol. The van der Waals surface area contributed by atoms with Crippen LogP contribution in [0.5, 0.6) is 0 Å². The van der Waals surface area contributed by atoms with Gasteiger partial charge in [0.15, 0.2) is 0 Å². The fraction of sp³-hybridized carbons (Fsp3) is 0.429. The molecule has 0 saturated heterocycles. The number of carboxylic acid groups (broad SMARTS) is 1. The van der Waals surface area contributed by atoms with E-state index in [0.717, 1.165) is 45.8 Å². The van der Waals surface area contributed by atoms with Crippen LogP contribution in [0.3, 0.4) is 0 Å². The molecular formula is C21H25N3O3S. The maximum atomic E-state index is 12.2. The molecule has 0 radical (unpaired) electrons. The van der Waals surface area contributed by atoms with E-state index in [1.54, 1.807) is 23.5 Å². The highest BCUT2D eigenvalue weighted by molar-refractivity contribution is 7.16. The fourth-order valence-electron chi connectivity index (χ4n) is 3.77. The first-order valence-electron chi connectivity index (χ1n) is 9.22. The smallest absolute Gasteiger partial charge is 0.337 e. The molecule has 0 atom stereocenters. The lowest BCUT2D eigenvalue weighted by atomic mass is 9.76. The van der Waals surface area contributed by atoms with Gasteiger partial charge in [-0.05, 0) is 48.4 Å². The van der Waals surface area contributed by atoms with Crippen molar-refractivity contribution < 1.29 is 14.7 Å². The van der Waals surface area contributed by atoms with Crippen molar-refractivity contribution in [3.05, 3.63) is 39.8 Å². The molecule has 0 fully saturated rings. The number of rotatable bonds is 6. The third-order valence-corrected chi connectivity index (χ3v) is 6.64. The summed E-state index contributed by atoms with van der Waals surface area (Å²) in [6, 6.07) is 7.55. The average molecular weight is 400 g/mol. The van der Waals surface area contributed by atoms with E-state index in [1.807, 2.05) is 18.0 Å². The lowest BCUT2D eigenvalue weighted by Gasteiger charge is -2.29. The summed E-state index contributed by atoms with van der Waals surface area (Å²) in [6.45, 7) is 5.26. The monoisotopic (exact) mass is 399 g/mol. The third-order valence-electron chi connectivity index (χ3n) is 5.31. The molecule has 6 nitrogen and oxygen atoms in total. The van der Waals surface area contributed by atoms with Crippen molar-refractivity contribution >= 4 is 23.0 Å². The predicted octanol–water partition coefficient (Wildman–Crippen LogP) is 3.83. The largest absolute Gasteiger partial charge is 0.478 e. The molecule has 1 aliphatic rings. The summed E-state index contributed by atoms with van der Waals surface area (Å²) in [5.74, 6) is 4.25. The lowest BCUT2D eigenvalue weighted by molar-refractivity contribution is 0.0696. The van der Waals surface area contributed by atoms with Gasteiger partial charge in [0.2, 0.25) is 0 Å². The first-order chi connectivity index (χ1) is 13.3. The molecule has 2 aromatic rings. The van der Waals surface area contributed by atoms with Gasteiger partial charge >= 0.3 is 5.97 Å². The highest BCUT2D eigenvalue weighted by atomic mass is 32.1. The summed E-state index contributed by atoms with van der Waals surface area (Å²) in [5.41, 5.74) is 3.55. The first-order valence-corrected chi connectivity index (χ1v) is 10.0. The Hall–Kier alpha value is -2.40. The van der Waals surface area contributed by atoms with Crippen molar-refractivity contribution in [3.63, 3.8) is 0 Å². The lowest BCUT2D eigenvalue weighted by Crippen LogP contribution is -2.24. The minimum absolute atomic E-state index is 0.0854. The molecule has 0 unspecified atom stereocenters. The van der Waals surface area contributed by atoms with Gasteiger partial charge in [0.05, 0.1) is 28.7 Å². The molecule has 1 aromatic carbocycles. The molecule has 1 aromatic heterocycles. The number of likely N-dealkylation sites (N-methyl/N-ethyl adjacent to an activating group) is 1. The molecule has 1 heterocycles. The van der Waals surface area contributed by atoms with Crippen molar-refractivity contribution in [2.75, 3.05) is 25.1 Å². The molecule has 0 amide bonds. The molecular weight excluding hydrogens is 374 g/mol. The van der Waals surface area contributed by atoms with Gasteiger partial charge in [-0.25, -0.2) is 10.7 Å². The number of nitriles is 1. The van der Waals surface area contributed by atoms with Gasteiger partial charge in [-0.1, -0.05) is 13.8 Å². The van der Waals surface area contributed by atoms with E-state index in [0.29, 0.717) is 24.3 Å². The van der Waals surface area contributed by atoms with Crippen LogP contribution in [0.25, 0.3) is 10.4 Å². The SMILES string of the molecule is CN(CCON)c1ccc(C#N)cc1-c1sc2c(c1C(=O)O)CC(C)(C)CC2. The summed E-state index contributed by atoms with van der Waals surface area (Å²) in [5, 5.41) is 19.4. The number of hydrogen-bond donors (Lipinski definition) is 2. The number of hydrogen-bond acceptors (Lipinski definition) is 6. The minimum atomic E-state index is -0.911. The van der Waals surface area contributed by atoms with Crippen molar-refractivity contribution in [1.82, 2.24) is 0 Å². The van der Waals surface area contributed by atoms with Crippen LogP contribution < -0.4 is 10.8 Å². The van der Waals surface area contributed by atoms with Gasteiger partial charge in [0.25, 0.3) is 0 Å². The minimum Gasteiger partial charge on any atom is -0.478 e. The Labute approximate surface area is 169 Å². The topological polar surface area (TPSA) is 99.6 Å². The molecule has 3 rings (SSSR count). The fourth-order valence-corrected chi connectivity index (χ4v) is 5.10. The average Bonchev–Trinajstić information content (AvgIpc) is 3.03. The molecule has 0 saturated carbocycles. The van der Waals surface area contributed by atoms with E-state index in [1.165, 1.54) is 0 Å². The van der Waals surface area contributed by atoms with Gasteiger partial charge in [-0.15, -0.1) is 11.3 Å². The van der Waals surface area contributed by atoms with E-state index < -0.39 is 5.97 Å². The van der Waals surface area contributed by atoms with Crippen molar-refractivity contribution in [3.8, 4) is 16.5 Å². The van der Waals surface area contributed by atoms with Crippen LogP contribution in [-0.2, 0) is 17.7 Å². The van der Waals surface area contributed by atoms with Crippen LogP contribution in [0.2, 0.25) is 0 Å². The zero-order valence-electron chi connectivity index (χ0n) is 16.4. The third kappa shape index (κ3) is 3.90. The molecule has 148 valence electrons. The highest BCUT2D eigenvalue weighted by Crippen LogP contribution is 2.47. The number of carboxylic acids is 1. The molecule has 0 bridgehead atoms. The summed E-state index contributed by atoms with van der Waals surface area (Å²) in [7, 11) is 1.90. The number of aryl methyl sites for hydroxylation is 1. The van der Waals surface area contributed by atoms with Crippen molar-refractivity contribution in [1.29, 1.82) is 5.26 Å². The number of anilines is 1. The number of benzene rings is 1. The zero-order chi connectivity index (χ0) is 20.5. The second kappa shape index (κ2) is 7.92. The van der Waals surface area contributed by atoms with Crippen LogP contribution in [-0.4, -0.2) is 31.3 Å². The van der Waals surface area contributed by atoms with E-state index in [2.05, 4.69) is 19.9 Å². The van der Waals surface area contributed by atoms with Gasteiger partial charge in [0.1, 0.15) is 0 Å². The number of carbonyl (C=O) groups is 1. The van der Waals surface area contributed by atoms with Crippen molar-refractivity contribution in [2.24, 2.45) is 11.3 Å². The van der Waals surface area contributed by atoms with Crippen LogP contribution >= 0.6 is 11.3 Å². The maximum Gasteiger partial charge on any atom is 0.337 e. The normalized spacial score (nSPS) is 15.0. The number of thiophene rings is 1. The summed E-state index contributed by atoms with van der Waals surface area (Å²) >= 11 is 1.55. The Balaban J connectivity index is 2.19. The van der Waals surface area contributed by atoms with Gasteiger partial charge in [0, 0.05) is 29.7 Å². The van der Waals surface area contributed by atoms with Crippen LogP contribution in [0.15, 0.2) is 18.2 Å². The molecule has 7 heteroatoms. The summed E-state index contributed by atoms with van der Waals surface area (Å²) in [4.78, 5) is 20.8. The van der Waals surface area contributed by atoms with Gasteiger partial charge < -0.3 is 14.8 Å². The number of nitrogens with two attached hydrogens (primary N) is 1. The second-order valence-electron chi connectivity index (χ2n) is 7.99. The summed E-state index contributed by atoms with van der Waals surface area (Å²) in [6.07, 6.45) is 2.68. The van der Waals surface area contributed by atoms with Crippen LogP contribution in [0.1, 0.15) is 46.6 Å². The Bertz CT molecular complexity index is 943. The van der Waals surface area contributed by atoms with E-state index in [-0.39, 0.29) is 5.41 Å². The van der Waals surface area contributed by atoms with E-state index >= 15 is 0 Å². The number of fused-ring (bicyclic) bond motifs is 1. The second-order valence-corrected chi connectivity index (χ2v) is 9.10. The van der Waals surface area contributed by atoms with E-state index in [9.17, 15) is 15.2 Å². The zero-order valence-corrected chi connectivity index (χ0v) is 17.2. The molecule has 0 aliphatic heterocycles. The highest BCUT2D eigenvalue weighted by Gasteiger charge is 2.33. The first kappa shape index (κ1) is 20.3.